The van der Waals surface area contributed by atoms with Crippen molar-refractivity contribution in [1.29, 1.82) is 0 Å². The number of allylic oxidation sites excluding steroid dienone is 1. The van der Waals surface area contributed by atoms with Crippen molar-refractivity contribution >= 4 is 17.7 Å². The monoisotopic (exact) mass is 481 g/mol. The van der Waals surface area contributed by atoms with Gasteiger partial charge in [-0.15, -0.1) is 0 Å². The summed E-state index contributed by atoms with van der Waals surface area (Å²) in [6.45, 7) is 5.21. The zero-order valence-corrected chi connectivity index (χ0v) is 20.8. The summed E-state index contributed by atoms with van der Waals surface area (Å²) in [6, 6.07) is 19.6. The fraction of sp³-hybridized carbons (Fsp3) is 0.300. The number of pyridine rings is 1. The average Bonchev–Trinajstić information content (AvgIpc) is 3.31. The summed E-state index contributed by atoms with van der Waals surface area (Å²) >= 11 is 0. The number of rotatable bonds is 7. The van der Waals surface area contributed by atoms with Crippen LogP contribution in [0.15, 0.2) is 83.7 Å². The SMILES string of the molecule is CCOc1ccc(/C=C2/CCC[C@@H]3C2=NN(C(=O)c2cccnc2)[C@@H]3c2ccc(OCC)cc2)cc1. The standard InChI is InChI=1S/C30H31N3O3/c1-3-35-25-14-10-21(11-15-25)19-23-7-5-9-27-28(23)32-33(30(34)24-8-6-18-31-20-24)29(27)22-12-16-26(17-13-22)36-4-2/h6,8,10-20,27,29H,3-5,7,9H2,1-2H3/b23-19-/t27-,29-/m1/s1. The van der Waals surface area contributed by atoms with E-state index in [-0.39, 0.29) is 17.9 Å². The van der Waals surface area contributed by atoms with Crippen molar-refractivity contribution in [3.63, 3.8) is 0 Å². The zero-order valence-electron chi connectivity index (χ0n) is 20.8. The Labute approximate surface area is 212 Å². The molecule has 5 rings (SSSR count). The number of aromatic nitrogens is 1. The predicted molar refractivity (Wildman–Crippen MR) is 141 cm³/mol. The van der Waals surface area contributed by atoms with E-state index in [1.165, 1.54) is 5.57 Å². The molecule has 2 aromatic carbocycles. The second kappa shape index (κ2) is 10.8. The highest BCUT2D eigenvalue weighted by molar-refractivity contribution is 6.09. The zero-order chi connectivity index (χ0) is 24.9. The number of fused-ring (bicyclic) bond motifs is 1. The van der Waals surface area contributed by atoms with E-state index in [1.54, 1.807) is 29.5 Å². The number of benzene rings is 2. The van der Waals surface area contributed by atoms with Crippen LogP contribution in [0.5, 0.6) is 11.5 Å². The average molecular weight is 482 g/mol. The lowest BCUT2D eigenvalue weighted by Gasteiger charge is -2.29. The minimum Gasteiger partial charge on any atom is -0.494 e. The van der Waals surface area contributed by atoms with E-state index in [0.29, 0.717) is 18.8 Å². The highest BCUT2D eigenvalue weighted by atomic mass is 16.5. The number of carbonyl (C=O) groups is 1. The van der Waals surface area contributed by atoms with Crippen molar-refractivity contribution in [2.24, 2.45) is 11.0 Å². The smallest absolute Gasteiger partial charge is 0.276 e. The molecule has 1 aliphatic carbocycles. The maximum absolute atomic E-state index is 13.6. The first-order chi connectivity index (χ1) is 17.7. The van der Waals surface area contributed by atoms with Gasteiger partial charge in [-0.2, -0.15) is 5.10 Å². The number of hydrazone groups is 1. The maximum Gasteiger partial charge on any atom is 0.276 e. The van der Waals surface area contributed by atoms with Crippen LogP contribution in [0.2, 0.25) is 0 Å². The topological polar surface area (TPSA) is 64.0 Å². The lowest BCUT2D eigenvalue weighted by Crippen LogP contribution is -2.32. The molecular weight excluding hydrogens is 450 g/mol. The normalized spacial score (nSPS) is 20.1. The van der Waals surface area contributed by atoms with Gasteiger partial charge in [0.1, 0.15) is 11.5 Å². The first-order valence-corrected chi connectivity index (χ1v) is 12.7. The van der Waals surface area contributed by atoms with Crippen molar-refractivity contribution < 1.29 is 14.3 Å². The quantitative estimate of drug-likeness (QED) is 0.396. The second-order valence-corrected chi connectivity index (χ2v) is 8.99. The lowest BCUT2D eigenvalue weighted by molar-refractivity contribution is 0.0680. The number of hydrogen-bond donors (Lipinski definition) is 0. The molecular formula is C30H31N3O3. The van der Waals surface area contributed by atoms with E-state index in [2.05, 4.69) is 35.3 Å². The third-order valence-electron chi connectivity index (χ3n) is 6.68. The Hall–Kier alpha value is -3.93. The van der Waals surface area contributed by atoms with Crippen molar-refractivity contribution in [2.45, 2.75) is 39.2 Å². The lowest BCUT2D eigenvalue weighted by atomic mass is 9.77. The van der Waals surface area contributed by atoms with Crippen LogP contribution in [0, 0.1) is 5.92 Å². The highest BCUT2D eigenvalue weighted by Crippen LogP contribution is 2.45. The van der Waals surface area contributed by atoms with Crippen molar-refractivity contribution in [3.05, 3.63) is 95.3 Å². The third-order valence-corrected chi connectivity index (χ3v) is 6.68. The molecule has 184 valence electrons. The van der Waals surface area contributed by atoms with Crippen LogP contribution in [0.1, 0.15) is 60.6 Å². The van der Waals surface area contributed by atoms with Crippen LogP contribution >= 0.6 is 0 Å². The molecule has 6 heteroatoms. The molecule has 1 aliphatic heterocycles. The molecule has 0 bridgehead atoms. The number of amides is 1. The minimum absolute atomic E-state index is 0.131. The van der Waals surface area contributed by atoms with Gasteiger partial charge < -0.3 is 9.47 Å². The number of nitrogens with zero attached hydrogens (tertiary/aromatic N) is 3. The summed E-state index contributed by atoms with van der Waals surface area (Å²) in [4.78, 5) is 17.8. The molecule has 0 radical (unpaired) electrons. The molecule has 1 amide bonds. The number of ether oxygens (including phenoxy) is 2. The van der Waals surface area contributed by atoms with Gasteiger partial charge in [-0.25, -0.2) is 5.01 Å². The fourth-order valence-electron chi connectivity index (χ4n) is 5.08. The molecule has 6 nitrogen and oxygen atoms in total. The van der Waals surface area contributed by atoms with Crippen molar-refractivity contribution in [1.82, 2.24) is 9.99 Å². The minimum atomic E-state index is -0.174. The van der Waals surface area contributed by atoms with Crippen LogP contribution < -0.4 is 9.47 Å². The molecule has 0 saturated heterocycles. The van der Waals surface area contributed by atoms with Crippen molar-refractivity contribution in [3.8, 4) is 11.5 Å². The summed E-state index contributed by atoms with van der Waals surface area (Å²) in [5.41, 5.74) is 4.89. The summed E-state index contributed by atoms with van der Waals surface area (Å²) in [5.74, 6) is 1.68. The number of carbonyl (C=O) groups excluding carboxylic acids is 1. The summed E-state index contributed by atoms with van der Waals surface area (Å²) in [6.07, 6.45) is 8.45. The van der Waals surface area contributed by atoms with Gasteiger partial charge in [-0.05, 0) is 92.3 Å². The Bertz CT molecular complexity index is 1250. The first-order valence-electron chi connectivity index (χ1n) is 12.7. The van der Waals surface area contributed by atoms with E-state index < -0.39 is 0 Å². The Kier molecular flexibility index (Phi) is 7.12. The molecule has 0 unspecified atom stereocenters. The molecule has 1 aromatic heterocycles. The molecule has 2 aliphatic rings. The predicted octanol–water partition coefficient (Wildman–Crippen LogP) is 6.32. The largest absolute Gasteiger partial charge is 0.494 e. The van der Waals surface area contributed by atoms with Crippen LogP contribution in [-0.4, -0.2) is 34.8 Å². The maximum atomic E-state index is 13.6. The Morgan fingerprint density at radius 1 is 1.00 bits per heavy atom. The molecule has 3 aromatic rings. The third kappa shape index (κ3) is 4.89. The Morgan fingerprint density at radius 2 is 1.69 bits per heavy atom. The molecule has 0 spiro atoms. The molecule has 0 N–H and O–H groups in total. The summed E-state index contributed by atoms with van der Waals surface area (Å²) in [5, 5.41) is 6.65. The van der Waals surface area contributed by atoms with Crippen LogP contribution in [0.4, 0.5) is 0 Å². The molecule has 1 saturated carbocycles. The molecule has 36 heavy (non-hydrogen) atoms. The summed E-state index contributed by atoms with van der Waals surface area (Å²) < 4.78 is 11.2. The van der Waals surface area contributed by atoms with Gasteiger partial charge in [0.05, 0.1) is 30.5 Å². The Balaban J connectivity index is 1.51. The molecule has 2 heterocycles. The van der Waals surface area contributed by atoms with Gasteiger partial charge in [-0.3, -0.25) is 9.78 Å². The highest BCUT2D eigenvalue weighted by Gasteiger charge is 2.44. The van der Waals surface area contributed by atoms with Gasteiger partial charge in [0.25, 0.3) is 5.91 Å². The van der Waals surface area contributed by atoms with Gasteiger partial charge >= 0.3 is 0 Å². The molecule has 2 atom stereocenters. The van der Waals surface area contributed by atoms with Gasteiger partial charge in [0, 0.05) is 18.3 Å². The fourth-order valence-corrected chi connectivity index (χ4v) is 5.08. The van der Waals surface area contributed by atoms with Crippen LogP contribution in [0.3, 0.4) is 0 Å². The number of hydrogen-bond acceptors (Lipinski definition) is 5. The summed E-state index contributed by atoms with van der Waals surface area (Å²) in [7, 11) is 0. The second-order valence-electron chi connectivity index (χ2n) is 8.99. The van der Waals surface area contributed by atoms with E-state index in [0.717, 1.165) is 47.6 Å². The van der Waals surface area contributed by atoms with Gasteiger partial charge in [-0.1, -0.05) is 24.3 Å². The van der Waals surface area contributed by atoms with E-state index >= 15 is 0 Å². The van der Waals surface area contributed by atoms with E-state index in [1.807, 2.05) is 38.1 Å². The first kappa shape index (κ1) is 23.8. The van der Waals surface area contributed by atoms with Crippen LogP contribution in [-0.2, 0) is 0 Å². The van der Waals surface area contributed by atoms with Crippen LogP contribution in [0.25, 0.3) is 6.08 Å². The van der Waals surface area contributed by atoms with Gasteiger partial charge in [0.15, 0.2) is 0 Å². The van der Waals surface area contributed by atoms with E-state index in [9.17, 15) is 4.79 Å². The van der Waals surface area contributed by atoms with Crippen molar-refractivity contribution in [2.75, 3.05) is 13.2 Å². The molecule has 1 fully saturated rings. The van der Waals surface area contributed by atoms with Gasteiger partial charge in [0.2, 0.25) is 0 Å². The van der Waals surface area contributed by atoms with E-state index in [4.69, 9.17) is 14.6 Å². The Morgan fingerprint density at radius 3 is 2.33 bits per heavy atom.